The molecule has 0 aromatic heterocycles. The van der Waals surface area contributed by atoms with Gasteiger partial charge in [0.25, 0.3) is 0 Å². The van der Waals surface area contributed by atoms with Gasteiger partial charge in [-0.3, -0.25) is 9.59 Å². The van der Waals surface area contributed by atoms with E-state index < -0.39 is 11.5 Å². The van der Waals surface area contributed by atoms with E-state index in [1.165, 1.54) is 0 Å². The molecule has 1 aliphatic rings. The van der Waals surface area contributed by atoms with E-state index in [1.807, 2.05) is 20.8 Å². The Morgan fingerprint density at radius 2 is 1.71 bits per heavy atom. The van der Waals surface area contributed by atoms with Gasteiger partial charge >= 0.3 is 0 Å². The Bertz CT molecular complexity index is 600. The molecule has 132 valence electrons. The van der Waals surface area contributed by atoms with Gasteiger partial charge < -0.3 is 19.7 Å². The van der Waals surface area contributed by atoms with Crippen molar-refractivity contribution in [1.29, 1.82) is 0 Å². The van der Waals surface area contributed by atoms with Crippen molar-refractivity contribution >= 4 is 17.5 Å². The van der Waals surface area contributed by atoms with E-state index in [-0.39, 0.29) is 11.8 Å². The van der Waals surface area contributed by atoms with Gasteiger partial charge in [0.15, 0.2) is 0 Å². The van der Waals surface area contributed by atoms with E-state index in [0.29, 0.717) is 30.2 Å². The molecule has 1 heterocycles. The highest BCUT2D eigenvalue weighted by Crippen LogP contribution is 2.28. The number of amides is 2. The lowest BCUT2D eigenvalue weighted by Gasteiger charge is -2.30. The monoisotopic (exact) mass is 334 g/mol. The van der Waals surface area contributed by atoms with Gasteiger partial charge in [0.05, 0.1) is 14.2 Å². The third kappa shape index (κ3) is 3.99. The molecule has 0 aliphatic carbocycles. The van der Waals surface area contributed by atoms with Gasteiger partial charge in [-0.2, -0.15) is 0 Å². The fourth-order valence-electron chi connectivity index (χ4n) is 2.82. The molecular formula is C18H26N2O4. The van der Waals surface area contributed by atoms with Crippen LogP contribution in [0.4, 0.5) is 5.69 Å². The zero-order valence-corrected chi connectivity index (χ0v) is 15.0. The first-order valence-corrected chi connectivity index (χ1v) is 8.11. The number of carbonyl (C=O) groups is 2. The molecule has 0 saturated carbocycles. The molecule has 1 unspecified atom stereocenters. The van der Waals surface area contributed by atoms with Crippen LogP contribution in [0.15, 0.2) is 18.2 Å². The van der Waals surface area contributed by atoms with Crippen LogP contribution in [0.5, 0.6) is 11.5 Å². The average Bonchev–Trinajstić information content (AvgIpc) is 3.02. The molecule has 2 rings (SSSR count). The maximum atomic E-state index is 12.7. The molecule has 24 heavy (non-hydrogen) atoms. The second-order valence-corrected chi connectivity index (χ2v) is 7.00. The van der Waals surface area contributed by atoms with E-state index in [2.05, 4.69) is 5.32 Å². The lowest BCUT2D eigenvalue weighted by molar-refractivity contribution is -0.143. The molecule has 1 fully saturated rings. The Kier molecular flexibility index (Phi) is 5.36. The van der Waals surface area contributed by atoms with Crippen LogP contribution in [0.3, 0.4) is 0 Å². The van der Waals surface area contributed by atoms with Crippen molar-refractivity contribution in [1.82, 2.24) is 4.90 Å². The second-order valence-electron chi connectivity index (χ2n) is 7.00. The van der Waals surface area contributed by atoms with Gasteiger partial charge in [-0.15, -0.1) is 0 Å². The molecule has 0 radical (unpaired) electrons. The van der Waals surface area contributed by atoms with Crippen molar-refractivity contribution in [3.05, 3.63) is 18.2 Å². The quantitative estimate of drug-likeness (QED) is 0.919. The number of anilines is 1. The first-order chi connectivity index (χ1) is 11.3. The summed E-state index contributed by atoms with van der Waals surface area (Å²) in [5, 5.41) is 2.88. The average molecular weight is 334 g/mol. The summed E-state index contributed by atoms with van der Waals surface area (Å²) >= 11 is 0. The second kappa shape index (κ2) is 7.11. The fourth-order valence-corrected chi connectivity index (χ4v) is 2.82. The van der Waals surface area contributed by atoms with Crippen LogP contribution >= 0.6 is 0 Å². The number of rotatable bonds is 4. The van der Waals surface area contributed by atoms with Crippen molar-refractivity contribution < 1.29 is 19.1 Å². The highest BCUT2D eigenvalue weighted by molar-refractivity contribution is 5.98. The minimum Gasteiger partial charge on any atom is -0.497 e. The van der Waals surface area contributed by atoms with Crippen molar-refractivity contribution in [2.75, 3.05) is 26.1 Å². The van der Waals surface area contributed by atoms with Crippen molar-refractivity contribution in [3.63, 3.8) is 0 Å². The molecule has 6 heteroatoms. The number of nitrogens with one attached hydrogen (secondary N) is 1. The van der Waals surface area contributed by atoms with Gasteiger partial charge in [0, 0.05) is 35.8 Å². The largest absolute Gasteiger partial charge is 0.497 e. The Balaban J connectivity index is 2.15. The van der Waals surface area contributed by atoms with Gasteiger partial charge in [-0.25, -0.2) is 0 Å². The zero-order chi connectivity index (χ0) is 17.9. The normalized spacial score (nSPS) is 17.5. The Hall–Kier alpha value is -2.24. The number of carbonyl (C=O) groups excluding carboxylic acids is 2. The molecule has 1 aliphatic heterocycles. The highest BCUT2D eigenvalue weighted by Gasteiger charge is 2.38. The topological polar surface area (TPSA) is 67.9 Å². The SMILES string of the molecule is COc1cc(NC(=O)C2CCCN2C(=O)C(C)(C)C)cc(OC)c1. The van der Waals surface area contributed by atoms with Crippen LogP contribution in [0, 0.1) is 5.41 Å². The van der Waals surface area contributed by atoms with Crippen LogP contribution in [0.2, 0.25) is 0 Å². The third-order valence-electron chi connectivity index (χ3n) is 4.08. The predicted molar refractivity (Wildman–Crippen MR) is 92.4 cm³/mol. The summed E-state index contributed by atoms with van der Waals surface area (Å²) in [5.41, 5.74) is 0.0912. The van der Waals surface area contributed by atoms with E-state index in [1.54, 1.807) is 37.3 Å². The van der Waals surface area contributed by atoms with Crippen LogP contribution in [-0.2, 0) is 9.59 Å². The summed E-state index contributed by atoms with van der Waals surface area (Å²) in [4.78, 5) is 26.9. The fraction of sp³-hybridized carbons (Fsp3) is 0.556. The lowest BCUT2D eigenvalue weighted by atomic mass is 9.94. The molecule has 1 aromatic carbocycles. The molecule has 1 N–H and O–H groups in total. The summed E-state index contributed by atoms with van der Waals surface area (Å²) in [5.74, 6) is 1.01. The lowest BCUT2D eigenvalue weighted by Crippen LogP contribution is -2.47. The van der Waals surface area contributed by atoms with Gasteiger partial charge in [-0.1, -0.05) is 20.8 Å². The maximum absolute atomic E-state index is 12.7. The molecule has 1 saturated heterocycles. The predicted octanol–water partition coefficient (Wildman–Crippen LogP) is 2.68. The molecular weight excluding hydrogens is 308 g/mol. The molecule has 1 atom stereocenters. The molecule has 0 bridgehead atoms. The number of ether oxygens (including phenoxy) is 2. The van der Waals surface area contributed by atoms with Crippen LogP contribution < -0.4 is 14.8 Å². The summed E-state index contributed by atoms with van der Waals surface area (Å²) in [7, 11) is 3.11. The number of nitrogens with zero attached hydrogens (tertiary/aromatic N) is 1. The first-order valence-electron chi connectivity index (χ1n) is 8.11. The first kappa shape index (κ1) is 18.1. The highest BCUT2D eigenvalue weighted by atomic mass is 16.5. The third-order valence-corrected chi connectivity index (χ3v) is 4.08. The van der Waals surface area contributed by atoms with E-state index in [9.17, 15) is 9.59 Å². The van der Waals surface area contributed by atoms with Gasteiger partial charge in [0.1, 0.15) is 17.5 Å². The van der Waals surface area contributed by atoms with Crippen LogP contribution in [0.25, 0.3) is 0 Å². The van der Waals surface area contributed by atoms with Crippen molar-refractivity contribution in [2.24, 2.45) is 5.41 Å². The van der Waals surface area contributed by atoms with Gasteiger partial charge in [0.2, 0.25) is 11.8 Å². The summed E-state index contributed by atoms with van der Waals surface area (Å²) in [6.45, 7) is 6.23. The van der Waals surface area contributed by atoms with Crippen LogP contribution in [0.1, 0.15) is 33.6 Å². The summed E-state index contributed by atoms with van der Waals surface area (Å²) < 4.78 is 10.4. The van der Waals surface area contributed by atoms with Gasteiger partial charge in [-0.05, 0) is 12.8 Å². The van der Waals surface area contributed by atoms with E-state index >= 15 is 0 Å². The maximum Gasteiger partial charge on any atom is 0.247 e. The van der Waals surface area contributed by atoms with Crippen molar-refractivity contribution in [2.45, 2.75) is 39.7 Å². The number of hydrogen-bond donors (Lipinski definition) is 1. The number of hydrogen-bond acceptors (Lipinski definition) is 4. The smallest absolute Gasteiger partial charge is 0.247 e. The minimum absolute atomic E-state index is 0.00312. The van der Waals surface area contributed by atoms with E-state index in [0.717, 1.165) is 6.42 Å². The Morgan fingerprint density at radius 1 is 1.12 bits per heavy atom. The summed E-state index contributed by atoms with van der Waals surface area (Å²) in [6.07, 6.45) is 1.51. The minimum atomic E-state index is -0.498. The molecule has 1 aromatic rings. The number of benzene rings is 1. The number of likely N-dealkylation sites (tertiary alicyclic amines) is 1. The number of methoxy groups -OCH3 is 2. The molecule has 6 nitrogen and oxygen atoms in total. The zero-order valence-electron chi connectivity index (χ0n) is 15.0. The van der Waals surface area contributed by atoms with E-state index in [4.69, 9.17) is 9.47 Å². The van der Waals surface area contributed by atoms with Crippen LogP contribution in [-0.4, -0.2) is 43.5 Å². The summed E-state index contributed by atoms with van der Waals surface area (Å²) in [6, 6.07) is 4.76. The standard InChI is InChI=1S/C18H26N2O4/c1-18(2,3)17(22)20-8-6-7-15(20)16(21)19-12-9-13(23-4)11-14(10-12)24-5/h9-11,15H,6-8H2,1-5H3,(H,19,21). The Morgan fingerprint density at radius 3 is 2.21 bits per heavy atom. The molecule has 0 spiro atoms. The Labute approximate surface area is 143 Å². The van der Waals surface area contributed by atoms with Crippen molar-refractivity contribution in [3.8, 4) is 11.5 Å². The molecule has 2 amide bonds.